The molecule has 0 radical (unpaired) electrons. The minimum atomic E-state index is 0.572. The van der Waals surface area contributed by atoms with Crippen LogP contribution in [0, 0.1) is 0 Å². The molecule has 4 heterocycles. The van der Waals surface area contributed by atoms with Gasteiger partial charge in [-0.1, -0.05) is 6.42 Å². The Balaban J connectivity index is 1.45. The van der Waals surface area contributed by atoms with Gasteiger partial charge >= 0.3 is 0 Å². The summed E-state index contributed by atoms with van der Waals surface area (Å²) in [5.41, 5.74) is 1.11. The molecule has 0 saturated carbocycles. The highest BCUT2D eigenvalue weighted by Crippen LogP contribution is 2.29. The van der Waals surface area contributed by atoms with Gasteiger partial charge < -0.3 is 5.32 Å². The molecular formula is C16H21N5. The van der Waals surface area contributed by atoms with Crippen molar-refractivity contribution in [1.29, 1.82) is 0 Å². The molecule has 0 aromatic carbocycles. The molecule has 4 rings (SSSR count). The second kappa shape index (κ2) is 5.48. The first-order valence-corrected chi connectivity index (χ1v) is 7.87. The van der Waals surface area contributed by atoms with Crippen LogP contribution in [-0.4, -0.2) is 44.8 Å². The number of hydrogen-bond acceptors (Lipinski definition) is 4. The van der Waals surface area contributed by atoms with E-state index >= 15 is 0 Å². The smallest absolute Gasteiger partial charge is 0.153 e. The van der Waals surface area contributed by atoms with E-state index in [4.69, 9.17) is 0 Å². The predicted octanol–water partition coefficient (Wildman–Crippen LogP) is 2.31. The summed E-state index contributed by atoms with van der Waals surface area (Å²) < 4.78 is 1.78. The second-order valence-corrected chi connectivity index (χ2v) is 5.99. The molecule has 2 aliphatic rings. The molecule has 2 saturated heterocycles. The van der Waals surface area contributed by atoms with Crippen molar-refractivity contribution in [3.63, 3.8) is 0 Å². The minimum absolute atomic E-state index is 0.572. The van der Waals surface area contributed by atoms with Crippen molar-refractivity contribution < 1.29 is 0 Å². The van der Waals surface area contributed by atoms with E-state index in [0.29, 0.717) is 12.1 Å². The highest BCUT2D eigenvalue weighted by Gasteiger charge is 2.35. The zero-order valence-electron chi connectivity index (χ0n) is 12.2. The van der Waals surface area contributed by atoms with Gasteiger partial charge in [0.25, 0.3) is 0 Å². The molecule has 2 unspecified atom stereocenters. The summed E-state index contributed by atoms with van der Waals surface area (Å²) in [5.74, 6) is 0.858. The fourth-order valence-corrected chi connectivity index (χ4v) is 3.64. The molecule has 21 heavy (non-hydrogen) atoms. The molecule has 2 aromatic rings. The van der Waals surface area contributed by atoms with Gasteiger partial charge in [-0.15, -0.1) is 0 Å². The highest BCUT2D eigenvalue weighted by molar-refractivity contribution is 5.45. The maximum absolute atomic E-state index is 4.49. The molecule has 110 valence electrons. The van der Waals surface area contributed by atoms with E-state index in [-0.39, 0.29) is 0 Å². The number of rotatable bonds is 3. The fourth-order valence-electron chi connectivity index (χ4n) is 3.64. The summed E-state index contributed by atoms with van der Waals surface area (Å²) in [6.45, 7) is 2.51. The van der Waals surface area contributed by atoms with Gasteiger partial charge in [0.05, 0.1) is 11.9 Å². The fraction of sp³-hybridized carbons (Fsp3) is 0.500. The topological polar surface area (TPSA) is 46.0 Å². The molecule has 0 aliphatic carbocycles. The van der Waals surface area contributed by atoms with Gasteiger partial charge in [0, 0.05) is 31.0 Å². The first-order valence-electron chi connectivity index (χ1n) is 7.87. The highest BCUT2D eigenvalue weighted by atomic mass is 15.3. The zero-order valence-corrected chi connectivity index (χ0v) is 12.2. The molecule has 2 aromatic heterocycles. The van der Waals surface area contributed by atoms with Gasteiger partial charge in [-0.05, 0) is 44.0 Å². The lowest BCUT2D eigenvalue weighted by Crippen LogP contribution is -2.41. The van der Waals surface area contributed by atoms with Crippen molar-refractivity contribution in [3.05, 3.63) is 36.8 Å². The summed E-state index contributed by atoms with van der Waals surface area (Å²) in [4.78, 5) is 7.14. The molecule has 0 bridgehead atoms. The summed E-state index contributed by atoms with van der Waals surface area (Å²) in [6, 6.07) is 7.31. The van der Waals surface area contributed by atoms with Gasteiger partial charge in [0.1, 0.15) is 0 Å². The van der Waals surface area contributed by atoms with E-state index in [1.165, 1.54) is 38.8 Å². The average Bonchev–Trinajstić information content (AvgIpc) is 3.19. The van der Waals surface area contributed by atoms with E-state index in [1.54, 1.807) is 10.9 Å². The van der Waals surface area contributed by atoms with Crippen LogP contribution in [0.1, 0.15) is 25.7 Å². The van der Waals surface area contributed by atoms with E-state index in [2.05, 4.69) is 26.4 Å². The van der Waals surface area contributed by atoms with Crippen LogP contribution in [0.2, 0.25) is 0 Å². The number of nitrogens with zero attached hydrogens (tertiary/aromatic N) is 4. The number of aromatic nitrogens is 3. The molecule has 2 atom stereocenters. The number of hydrogen-bond donors (Lipinski definition) is 1. The van der Waals surface area contributed by atoms with E-state index < -0.39 is 0 Å². The average molecular weight is 283 g/mol. The Morgan fingerprint density at radius 3 is 2.95 bits per heavy atom. The van der Waals surface area contributed by atoms with Crippen LogP contribution in [0.25, 0.3) is 5.82 Å². The van der Waals surface area contributed by atoms with Gasteiger partial charge in [-0.3, -0.25) is 4.90 Å². The number of pyridine rings is 1. The lowest BCUT2D eigenvalue weighted by atomic mass is 9.99. The van der Waals surface area contributed by atoms with Crippen molar-refractivity contribution >= 4 is 5.69 Å². The van der Waals surface area contributed by atoms with Crippen molar-refractivity contribution in [2.75, 3.05) is 18.4 Å². The van der Waals surface area contributed by atoms with Gasteiger partial charge in [-0.2, -0.15) is 5.10 Å². The number of nitrogens with one attached hydrogen (secondary N) is 1. The Bertz CT molecular complexity index is 577. The Labute approximate surface area is 125 Å². The molecule has 2 fully saturated rings. The third-order valence-corrected chi connectivity index (χ3v) is 4.70. The number of anilines is 1. The molecule has 0 amide bonds. The summed E-state index contributed by atoms with van der Waals surface area (Å²) in [7, 11) is 0. The molecule has 5 nitrogen and oxygen atoms in total. The Kier molecular flexibility index (Phi) is 3.35. The van der Waals surface area contributed by atoms with Crippen LogP contribution < -0.4 is 5.32 Å². The second-order valence-electron chi connectivity index (χ2n) is 5.99. The SMILES string of the molecule is c1cnn(-c2ccc(NC3CCN4CCCCC34)cn2)c1. The Morgan fingerprint density at radius 1 is 1.14 bits per heavy atom. The molecule has 5 heteroatoms. The quantitative estimate of drug-likeness (QED) is 0.939. The largest absolute Gasteiger partial charge is 0.379 e. The van der Waals surface area contributed by atoms with Crippen LogP contribution in [0.15, 0.2) is 36.8 Å². The van der Waals surface area contributed by atoms with Crippen molar-refractivity contribution in [3.8, 4) is 5.82 Å². The van der Waals surface area contributed by atoms with E-state index in [0.717, 1.165) is 11.5 Å². The number of piperidine rings is 1. The Morgan fingerprint density at radius 2 is 2.14 bits per heavy atom. The molecule has 0 spiro atoms. The predicted molar refractivity (Wildman–Crippen MR) is 82.6 cm³/mol. The third-order valence-electron chi connectivity index (χ3n) is 4.70. The monoisotopic (exact) mass is 283 g/mol. The molecule has 1 N–H and O–H groups in total. The van der Waals surface area contributed by atoms with Crippen molar-refractivity contribution in [1.82, 2.24) is 19.7 Å². The zero-order chi connectivity index (χ0) is 14.1. The van der Waals surface area contributed by atoms with Crippen molar-refractivity contribution in [2.24, 2.45) is 0 Å². The normalized spacial score (nSPS) is 25.7. The van der Waals surface area contributed by atoms with Crippen LogP contribution in [-0.2, 0) is 0 Å². The first kappa shape index (κ1) is 12.8. The van der Waals surface area contributed by atoms with Crippen LogP contribution in [0.3, 0.4) is 0 Å². The molecule has 2 aliphatic heterocycles. The molecular weight excluding hydrogens is 262 g/mol. The van der Waals surface area contributed by atoms with Gasteiger partial charge in [0.15, 0.2) is 5.82 Å². The standard InChI is InChI=1S/C16H21N5/c1-2-9-20-11-7-14(15(20)4-1)19-13-5-6-16(17-12-13)21-10-3-8-18-21/h3,5-6,8,10,12,14-15,19H,1-2,4,7,9,11H2. The lowest BCUT2D eigenvalue weighted by Gasteiger charge is -2.32. The van der Waals surface area contributed by atoms with Crippen LogP contribution >= 0.6 is 0 Å². The van der Waals surface area contributed by atoms with E-state index in [1.807, 2.05) is 24.5 Å². The van der Waals surface area contributed by atoms with E-state index in [9.17, 15) is 0 Å². The Hall–Kier alpha value is -1.88. The maximum atomic E-state index is 4.49. The summed E-state index contributed by atoms with van der Waals surface area (Å²) >= 11 is 0. The maximum Gasteiger partial charge on any atom is 0.153 e. The first-order chi connectivity index (χ1) is 10.4. The lowest BCUT2D eigenvalue weighted by molar-refractivity contribution is 0.193. The third kappa shape index (κ3) is 2.53. The van der Waals surface area contributed by atoms with Gasteiger partial charge in [0.2, 0.25) is 0 Å². The van der Waals surface area contributed by atoms with Crippen molar-refractivity contribution in [2.45, 2.75) is 37.8 Å². The van der Waals surface area contributed by atoms with Gasteiger partial charge in [-0.25, -0.2) is 9.67 Å². The van der Waals surface area contributed by atoms with Crippen LogP contribution in [0.4, 0.5) is 5.69 Å². The summed E-state index contributed by atoms with van der Waals surface area (Å²) in [6.07, 6.45) is 10.9. The number of fused-ring (bicyclic) bond motifs is 1. The van der Waals surface area contributed by atoms with Crippen LogP contribution in [0.5, 0.6) is 0 Å². The summed E-state index contributed by atoms with van der Waals surface area (Å²) in [5, 5.41) is 7.88. The minimum Gasteiger partial charge on any atom is -0.379 e.